The summed E-state index contributed by atoms with van der Waals surface area (Å²) in [6.45, 7) is 2.65. The van der Waals surface area contributed by atoms with Crippen LogP contribution in [0.25, 0.3) is 10.9 Å². The van der Waals surface area contributed by atoms with Gasteiger partial charge in [0.1, 0.15) is 18.5 Å². The number of amidine groups is 1. The number of aromatic nitrogens is 1. The van der Waals surface area contributed by atoms with Gasteiger partial charge in [-0.05, 0) is 24.6 Å². The molecule has 0 radical (unpaired) electrons. The third kappa shape index (κ3) is 3.24. The van der Waals surface area contributed by atoms with Crippen molar-refractivity contribution in [2.24, 2.45) is 10.7 Å². The number of nitrogens with two attached hydrogens (primary N) is 1. The van der Waals surface area contributed by atoms with Crippen LogP contribution in [0, 0.1) is 0 Å². The molecule has 1 aliphatic heterocycles. The highest BCUT2D eigenvalue weighted by Crippen LogP contribution is 2.22. The van der Waals surface area contributed by atoms with E-state index in [1.807, 2.05) is 30.3 Å². The molecule has 2 N–H and O–H groups in total. The second-order valence-electron chi connectivity index (χ2n) is 5.17. The second-order valence-corrected chi connectivity index (χ2v) is 5.17. The van der Waals surface area contributed by atoms with E-state index in [1.54, 1.807) is 6.20 Å². The summed E-state index contributed by atoms with van der Waals surface area (Å²) in [4.78, 5) is 8.60. The second kappa shape index (κ2) is 5.99. The van der Waals surface area contributed by atoms with Crippen LogP contribution in [0.15, 0.2) is 41.5 Å². The molecule has 5 nitrogen and oxygen atoms in total. The summed E-state index contributed by atoms with van der Waals surface area (Å²) < 4.78 is 11.2. The predicted molar refractivity (Wildman–Crippen MR) is 82.4 cm³/mol. The van der Waals surface area contributed by atoms with Gasteiger partial charge >= 0.3 is 0 Å². The summed E-state index contributed by atoms with van der Waals surface area (Å²) in [6, 6.07) is 10.3. The molecule has 5 heteroatoms. The molecule has 2 aromatic rings. The summed E-state index contributed by atoms with van der Waals surface area (Å²) in [7, 11) is 0. The molecule has 1 aromatic carbocycles. The van der Waals surface area contributed by atoms with Crippen LogP contribution < -0.4 is 10.5 Å². The van der Waals surface area contributed by atoms with E-state index < -0.39 is 0 Å². The maximum Gasteiger partial charge on any atom is 0.282 e. The number of aliphatic imine (C=N–C) groups is 1. The number of ether oxygens (including phenoxy) is 2. The van der Waals surface area contributed by atoms with Crippen LogP contribution in [-0.4, -0.2) is 29.8 Å². The van der Waals surface area contributed by atoms with Crippen LogP contribution in [0.5, 0.6) is 5.75 Å². The topological polar surface area (TPSA) is 69.7 Å². The molecule has 1 aliphatic rings. The Morgan fingerprint density at radius 3 is 3.10 bits per heavy atom. The van der Waals surface area contributed by atoms with Crippen LogP contribution in [0.3, 0.4) is 0 Å². The molecule has 21 heavy (non-hydrogen) atoms. The van der Waals surface area contributed by atoms with Crippen molar-refractivity contribution in [3.8, 4) is 5.75 Å². The average Bonchev–Trinajstić information content (AvgIpc) is 2.91. The lowest BCUT2D eigenvalue weighted by atomic mass is 10.1. The van der Waals surface area contributed by atoms with Crippen molar-refractivity contribution in [2.75, 3.05) is 6.61 Å². The van der Waals surface area contributed by atoms with Gasteiger partial charge in [-0.15, -0.1) is 0 Å². The molecular weight excluding hydrogens is 266 g/mol. The van der Waals surface area contributed by atoms with E-state index in [-0.39, 0.29) is 18.2 Å². The number of nitrogens with zero attached hydrogens (tertiary/aromatic N) is 2. The van der Waals surface area contributed by atoms with Crippen LogP contribution in [0.2, 0.25) is 0 Å². The normalized spacial score (nSPS) is 19.1. The summed E-state index contributed by atoms with van der Waals surface area (Å²) in [6.07, 6.45) is 3.59. The number of fused-ring (bicyclic) bond motifs is 1. The molecule has 3 rings (SSSR count). The molecule has 2 atom stereocenters. The Bertz CT molecular complexity index is 657. The molecule has 0 aliphatic carbocycles. The van der Waals surface area contributed by atoms with E-state index in [1.165, 1.54) is 0 Å². The average molecular weight is 285 g/mol. The zero-order valence-electron chi connectivity index (χ0n) is 12.0. The summed E-state index contributed by atoms with van der Waals surface area (Å²) in [5.41, 5.74) is 6.48. The molecule has 0 amide bonds. The number of hydrogen-bond acceptors (Lipinski definition) is 5. The standard InChI is InChI=1S/C16H19N3O2/c1-2-13(8-12-10-20-16(17)19-12)21-14-6-5-11-4-3-7-18-15(11)9-14/h3-7,9,12-13H,2,8,10H2,1H3,(H2,17,19). The quantitative estimate of drug-likeness (QED) is 0.916. The summed E-state index contributed by atoms with van der Waals surface area (Å²) >= 11 is 0. The van der Waals surface area contributed by atoms with Gasteiger partial charge in [-0.3, -0.25) is 4.98 Å². The van der Waals surface area contributed by atoms with Crippen molar-refractivity contribution in [1.82, 2.24) is 4.98 Å². The lowest BCUT2D eigenvalue weighted by Crippen LogP contribution is -2.22. The molecule has 0 saturated heterocycles. The zero-order chi connectivity index (χ0) is 14.7. The molecular formula is C16H19N3O2. The third-order valence-electron chi connectivity index (χ3n) is 3.60. The fraction of sp³-hybridized carbons (Fsp3) is 0.375. The lowest BCUT2D eigenvalue weighted by Gasteiger charge is -2.19. The molecule has 0 spiro atoms. The van der Waals surface area contributed by atoms with Gasteiger partial charge in [0.25, 0.3) is 6.02 Å². The molecule has 0 fully saturated rings. The lowest BCUT2D eigenvalue weighted by molar-refractivity contribution is 0.168. The minimum Gasteiger partial charge on any atom is -0.490 e. The largest absolute Gasteiger partial charge is 0.490 e. The first kappa shape index (κ1) is 13.7. The minimum atomic E-state index is 0.0912. The summed E-state index contributed by atoms with van der Waals surface area (Å²) in [5, 5.41) is 1.11. The highest BCUT2D eigenvalue weighted by atomic mass is 16.5. The van der Waals surface area contributed by atoms with Crippen molar-refractivity contribution in [1.29, 1.82) is 0 Å². The fourth-order valence-electron chi connectivity index (χ4n) is 2.47. The van der Waals surface area contributed by atoms with E-state index in [2.05, 4.69) is 16.9 Å². The monoisotopic (exact) mass is 285 g/mol. The van der Waals surface area contributed by atoms with Crippen molar-refractivity contribution < 1.29 is 9.47 Å². The van der Waals surface area contributed by atoms with E-state index in [4.69, 9.17) is 15.2 Å². The van der Waals surface area contributed by atoms with Gasteiger partial charge < -0.3 is 15.2 Å². The zero-order valence-corrected chi connectivity index (χ0v) is 12.0. The van der Waals surface area contributed by atoms with Gasteiger partial charge in [-0.2, -0.15) is 0 Å². The first-order valence-corrected chi connectivity index (χ1v) is 7.22. The Labute approximate surface area is 123 Å². The third-order valence-corrected chi connectivity index (χ3v) is 3.60. The first-order chi connectivity index (χ1) is 10.2. The van der Waals surface area contributed by atoms with E-state index in [0.717, 1.165) is 29.5 Å². The number of rotatable bonds is 5. The van der Waals surface area contributed by atoms with Gasteiger partial charge in [0.05, 0.1) is 11.6 Å². The summed E-state index contributed by atoms with van der Waals surface area (Å²) in [5.74, 6) is 0.837. The van der Waals surface area contributed by atoms with Crippen molar-refractivity contribution >= 4 is 16.9 Å². The van der Waals surface area contributed by atoms with Gasteiger partial charge in [-0.25, -0.2) is 4.99 Å². The van der Waals surface area contributed by atoms with Gasteiger partial charge in [-0.1, -0.05) is 13.0 Å². The molecule has 110 valence electrons. The maximum atomic E-state index is 6.06. The highest BCUT2D eigenvalue weighted by Gasteiger charge is 2.21. The van der Waals surface area contributed by atoms with Gasteiger partial charge in [0.2, 0.25) is 0 Å². The van der Waals surface area contributed by atoms with E-state index in [9.17, 15) is 0 Å². The Kier molecular flexibility index (Phi) is 3.90. The van der Waals surface area contributed by atoms with Crippen LogP contribution in [0.4, 0.5) is 0 Å². The van der Waals surface area contributed by atoms with Crippen molar-refractivity contribution in [3.63, 3.8) is 0 Å². The number of benzene rings is 1. The Hall–Kier alpha value is -2.30. The number of pyridine rings is 1. The van der Waals surface area contributed by atoms with Gasteiger partial charge in [0.15, 0.2) is 0 Å². The van der Waals surface area contributed by atoms with Gasteiger partial charge in [0, 0.05) is 24.1 Å². The first-order valence-electron chi connectivity index (χ1n) is 7.22. The van der Waals surface area contributed by atoms with Crippen LogP contribution in [0.1, 0.15) is 19.8 Å². The number of hydrogen-bond donors (Lipinski definition) is 1. The van der Waals surface area contributed by atoms with Crippen molar-refractivity contribution in [3.05, 3.63) is 36.5 Å². The molecule has 2 heterocycles. The highest BCUT2D eigenvalue weighted by molar-refractivity contribution is 5.79. The molecule has 1 aromatic heterocycles. The van der Waals surface area contributed by atoms with E-state index >= 15 is 0 Å². The predicted octanol–water partition coefficient (Wildman–Crippen LogP) is 2.50. The smallest absolute Gasteiger partial charge is 0.282 e. The molecule has 0 saturated carbocycles. The Morgan fingerprint density at radius 2 is 2.33 bits per heavy atom. The Morgan fingerprint density at radius 1 is 1.43 bits per heavy atom. The molecule has 2 unspecified atom stereocenters. The minimum absolute atomic E-state index is 0.0912. The van der Waals surface area contributed by atoms with Crippen molar-refractivity contribution in [2.45, 2.75) is 31.9 Å². The van der Waals surface area contributed by atoms with E-state index in [0.29, 0.717) is 6.61 Å². The fourth-order valence-corrected chi connectivity index (χ4v) is 2.47. The van der Waals surface area contributed by atoms with Crippen LogP contribution >= 0.6 is 0 Å². The molecule has 0 bridgehead atoms. The Balaban J connectivity index is 1.70. The SMILES string of the molecule is CCC(CC1COC(N)=N1)Oc1ccc2cccnc2c1. The van der Waals surface area contributed by atoms with Crippen LogP contribution in [-0.2, 0) is 4.74 Å². The maximum absolute atomic E-state index is 6.06.